The Bertz CT molecular complexity index is 1180. The molecule has 0 N–H and O–H groups in total. The van der Waals surface area contributed by atoms with Crippen molar-refractivity contribution in [3.05, 3.63) is 65.1 Å². The zero-order valence-corrected chi connectivity index (χ0v) is 19.4. The molecule has 2 fully saturated rings. The van der Waals surface area contributed by atoms with E-state index in [0.29, 0.717) is 42.4 Å². The third-order valence-electron chi connectivity index (χ3n) is 7.03. The molecule has 2 amide bonds. The van der Waals surface area contributed by atoms with Crippen molar-refractivity contribution >= 4 is 29.1 Å². The molecule has 172 valence electrons. The van der Waals surface area contributed by atoms with E-state index in [4.69, 9.17) is 16.3 Å². The van der Waals surface area contributed by atoms with Gasteiger partial charge in [-0.05, 0) is 54.5 Å². The lowest BCUT2D eigenvalue weighted by Crippen LogP contribution is -2.52. The van der Waals surface area contributed by atoms with Crippen molar-refractivity contribution in [2.24, 2.45) is 5.41 Å². The van der Waals surface area contributed by atoms with Gasteiger partial charge in [0.1, 0.15) is 17.1 Å². The van der Waals surface area contributed by atoms with Crippen LogP contribution in [0.2, 0.25) is 5.02 Å². The summed E-state index contributed by atoms with van der Waals surface area (Å²) in [6, 6.07) is 11.5. The van der Waals surface area contributed by atoms with E-state index in [1.165, 1.54) is 0 Å². The van der Waals surface area contributed by atoms with Crippen molar-refractivity contribution < 1.29 is 14.3 Å². The number of methoxy groups -OCH3 is 1. The number of fused-ring (bicyclic) bond motifs is 1. The molecule has 3 aromatic rings. The number of amides is 2. The fourth-order valence-electron chi connectivity index (χ4n) is 5.02. The van der Waals surface area contributed by atoms with Crippen LogP contribution in [-0.2, 0) is 11.3 Å². The number of hydrogen-bond donors (Lipinski definition) is 0. The van der Waals surface area contributed by atoms with Gasteiger partial charge in [0.15, 0.2) is 0 Å². The number of rotatable bonds is 4. The highest BCUT2D eigenvalue weighted by atomic mass is 35.5. The molecule has 1 spiro atoms. The molecule has 0 radical (unpaired) electrons. The molecule has 7 nitrogen and oxygen atoms in total. The van der Waals surface area contributed by atoms with Gasteiger partial charge in [0.2, 0.25) is 5.91 Å². The number of carbonyl (C=O) groups excluding carboxylic acids is 2. The van der Waals surface area contributed by atoms with Crippen molar-refractivity contribution in [2.45, 2.75) is 32.2 Å². The van der Waals surface area contributed by atoms with E-state index in [9.17, 15) is 9.59 Å². The molecule has 2 aliphatic heterocycles. The Labute approximate surface area is 197 Å². The minimum Gasteiger partial charge on any atom is -0.497 e. The van der Waals surface area contributed by atoms with Crippen LogP contribution in [0.3, 0.4) is 0 Å². The summed E-state index contributed by atoms with van der Waals surface area (Å²) >= 11 is 6.05. The molecule has 0 bridgehead atoms. The van der Waals surface area contributed by atoms with Gasteiger partial charge in [-0.2, -0.15) is 0 Å². The fourth-order valence-corrected chi connectivity index (χ4v) is 5.19. The minimum absolute atomic E-state index is 0.0494. The summed E-state index contributed by atoms with van der Waals surface area (Å²) in [5.41, 5.74) is 2.31. The maximum absolute atomic E-state index is 13.1. The van der Waals surface area contributed by atoms with Gasteiger partial charge in [0, 0.05) is 45.0 Å². The van der Waals surface area contributed by atoms with Gasteiger partial charge in [-0.15, -0.1) is 0 Å². The topological polar surface area (TPSA) is 67.2 Å². The van der Waals surface area contributed by atoms with Gasteiger partial charge in [0.25, 0.3) is 5.91 Å². The summed E-state index contributed by atoms with van der Waals surface area (Å²) < 4.78 is 7.01. The van der Waals surface area contributed by atoms with Gasteiger partial charge in [-0.25, -0.2) is 4.98 Å². The standard InChI is InChI=1S/C25H27ClN4O3/c1-33-20-5-2-18(3-6-20)14-30-17-25(9-8-23(30)31)10-12-28(13-11-25)24(32)21-16-29-15-19(26)4-7-22(29)27-21/h2-7,15-16H,8-14,17H2,1H3. The molecular formula is C25H27ClN4O3. The number of halogens is 1. The number of imidazole rings is 1. The summed E-state index contributed by atoms with van der Waals surface area (Å²) in [5, 5.41) is 0.602. The van der Waals surface area contributed by atoms with E-state index in [1.54, 1.807) is 36.0 Å². The second-order valence-corrected chi connectivity index (χ2v) is 9.57. The first-order valence-electron chi connectivity index (χ1n) is 11.3. The molecule has 1 aromatic carbocycles. The Balaban J connectivity index is 1.23. The van der Waals surface area contributed by atoms with Crippen molar-refractivity contribution in [3.63, 3.8) is 0 Å². The van der Waals surface area contributed by atoms with Gasteiger partial charge >= 0.3 is 0 Å². The summed E-state index contributed by atoms with van der Waals surface area (Å²) in [7, 11) is 1.65. The molecule has 2 aromatic heterocycles. The zero-order chi connectivity index (χ0) is 23.0. The number of hydrogen-bond acceptors (Lipinski definition) is 4. The van der Waals surface area contributed by atoms with E-state index < -0.39 is 0 Å². The van der Waals surface area contributed by atoms with Crippen LogP contribution in [-0.4, -0.2) is 57.7 Å². The van der Waals surface area contributed by atoms with Crippen LogP contribution in [0.15, 0.2) is 48.8 Å². The Hall–Kier alpha value is -3.06. The summed E-state index contributed by atoms with van der Waals surface area (Å²) in [5.74, 6) is 0.968. The van der Waals surface area contributed by atoms with Crippen LogP contribution in [0.4, 0.5) is 0 Å². The lowest BCUT2D eigenvalue weighted by molar-refractivity contribution is -0.139. The van der Waals surface area contributed by atoms with Crippen molar-refractivity contribution in [1.29, 1.82) is 0 Å². The molecule has 2 saturated heterocycles. The summed E-state index contributed by atoms with van der Waals surface area (Å²) in [6.45, 7) is 2.71. The Morgan fingerprint density at radius 3 is 2.58 bits per heavy atom. The van der Waals surface area contributed by atoms with Gasteiger partial charge in [-0.1, -0.05) is 23.7 Å². The normalized spacial score (nSPS) is 18.2. The molecule has 0 atom stereocenters. The largest absolute Gasteiger partial charge is 0.497 e. The first-order valence-corrected chi connectivity index (χ1v) is 11.7. The molecular weight excluding hydrogens is 440 g/mol. The van der Waals surface area contributed by atoms with Crippen molar-refractivity contribution in [2.75, 3.05) is 26.7 Å². The summed E-state index contributed by atoms with van der Waals surface area (Å²) in [4.78, 5) is 34.0. The van der Waals surface area contributed by atoms with Crippen LogP contribution >= 0.6 is 11.6 Å². The molecule has 33 heavy (non-hydrogen) atoms. The second-order valence-electron chi connectivity index (χ2n) is 9.13. The SMILES string of the molecule is COc1ccc(CN2CC3(CCC2=O)CCN(C(=O)c2cn4cc(Cl)ccc4n2)CC3)cc1. The van der Waals surface area contributed by atoms with Gasteiger partial charge in [0.05, 0.1) is 12.1 Å². The number of pyridine rings is 1. The highest BCUT2D eigenvalue weighted by Gasteiger charge is 2.42. The van der Waals surface area contributed by atoms with E-state index in [0.717, 1.165) is 37.1 Å². The van der Waals surface area contributed by atoms with E-state index >= 15 is 0 Å². The zero-order valence-electron chi connectivity index (χ0n) is 18.7. The number of likely N-dealkylation sites (tertiary alicyclic amines) is 2. The number of ether oxygens (including phenoxy) is 1. The Kier molecular flexibility index (Phi) is 5.74. The van der Waals surface area contributed by atoms with Crippen LogP contribution in [0.1, 0.15) is 41.7 Å². The average molecular weight is 467 g/mol. The quantitative estimate of drug-likeness (QED) is 0.582. The molecule has 4 heterocycles. The van der Waals surface area contributed by atoms with Gasteiger partial charge in [-0.3, -0.25) is 9.59 Å². The van der Waals surface area contributed by atoms with Crippen molar-refractivity contribution in [1.82, 2.24) is 19.2 Å². The van der Waals surface area contributed by atoms with E-state index in [-0.39, 0.29) is 17.2 Å². The smallest absolute Gasteiger partial charge is 0.274 e. The summed E-state index contributed by atoms with van der Waals surface area (Å²) in [6.07, 6.45) is 6.73. The van der Waals surface area contributed by atoms with Crippen LogP contribution < -0.4 is 4.74 Å². The van der Waals surface area contributed by atoms with Crippen molar-refractivity contribution in [3.8, 4) is 5.75 Å². The van der Waals surface area contributed by atoms with Gasteiger partial charge < -0.3 is 18.9 Å². The molecule has 2 aliphatic rings. The Morgan fingerprint density at radius 1 is 1.09 bits per heavy atom. The third kappa shape index (κ3) is 4.42. The molecule has 5 rings (SSSR count). The number of nitrogens with zero attached hydrogens (tertiary/aromatic N) is 4. The van der Waals surface area contributed by atoms with Crippen LogP contribution in [0.25, 0.3) is 5.65 Å². The molecule has 0 saturated carbocycles. The Morgan fingerprint density at radius 2 is 1.85 bits per heavy atom. The highest BCUT2D eigenvalue weighted by molar-refractivity contribution is 6.30. The van der Waals surface area contributed by atoms with E-state index in [1.807, 2.05) is 34.1 Å². The monoisotopic (exact) mass is 466 g/mol. The fraction of sp³-hybridized carbons (Fsp3) is 0.400. The maximum atomic E-state index is 13.1. The predicted octanol–water partition coefficient (Wildman–Crippen LogP) is 4.04. The molecule has 8 heteroatoms. The second kappa shape index (κ2) is 8.71. The highest BCUT2D eigenvalue weighted by Crippen LogP contribution is 2.41. The molecule has 0 unspecified atom stereocenters. The number of piperidine rings is 2. The lowest BCUT2D eigenvalue weighted by Gasteiger charge is -2.47. The van der Waals surface area contributed by atoms with Crippen LogP contribution in [0, 0.1) is 5.41 Å². The first-order chi connectivity index (χ1) is 15.9. The third-order valence-corrected chi connectivity index (χ3v) is 7.25. The number of benzene rings is 1. The molecule has 0 aliphatic carbocycles. The minimum atomic E-state index is -0.0494. The predicted molar refractivity (Wildman–Crippen MR) is 125 cm³/mol. The lowest BCUT2D eigenvalue weighted by atomic mass is 9.72. The van der Waals surface area contributed by atoms with Crippen LogP contribution in [0.5, 0.6) is 5.75 Å². The maximum Gasteiger partial charge on any atom is 0.274 e. The average Bonchev–Trinajstić information content (AvgIpc) is 3.25. The number of carbonyl (C=O) groups is 2. The van der Waals surface area contributed by atoms with E-state index in [2.05, 4.69) is 4.98 Å². The first kappa shape index (κ1) is 21.8. The number of aromatic nitrogens is 2.